The van der Waals surface area contributed by atoms with Crippen LogP contribution < -0.4 is 10.1 Å². The first-order valence-electron chi connectivity index (χ1n) is 7.13. The van der Waals surface area contributed by atoms with Crippen LogP contribution in [0.15, 0.2) is 17.5 Å². The molecule has 0 unspecified atom stereocenters. The zero-order valence-corrected chi connectivity index (χ0v) is 14.3. The number of aryl methyl sites for hydroxylation is 2. The second-order valence-electron chi connectivity index (χ2n) is 5.07. The van der Waals surface area contributed by atoms with E-state index >= 15 is 0 Å². The predicted molar refractivity (Wildman–Crippen MR) is 89.4 cm³/mol. The lowest BCUT2D eigenvalue weighted by atomic mass is 10.1. The van der Waals surface area contributed by atoms with Crippen LogP contribution in [0.25, 0.3) is 0 Å². The van der Waals surface area contributed by atoms with Gasteiger partial charge in [0.05, 0.1) is 5.69 Å². The van der Waals surface area contributed by atoms with E-state index in [1.807, 2.05) is 26.0 Å². The highest BCUT2D eigenvalue weighted by molar-refractivity contribution is 7.09. The highest BCUT2D eigenvalue weighted by atomic mass is 35.5. The fraction of sp³-hybridized carbons (Fsp3) is 0.438. The summed E-state index contributed by atoms with van der Waals surface area (Å²) in [6, 6.07) is 3.93. The molecule has 0 aliphatic heterocycles. The summed E-state index contributed by atoms with van der Waals surface area (Å²) < 4.78 is 5.81. The number of halogens is 1. The predicted octanol–water partition coefficient (Wildman–Crippen LogP) is 4.49. The maximum atomic E-state index is 6.16. The second-order valence-corrected chi connectivity index (χ2v) is 6.39. The third-order valence-electron chi connectivity index (χ3n) is 3.10. The van der Waals surface area contributed by atoms with Crippen LogP contribution in [0.5, 0.6) is 5.75 Å². The molecule has 0 saturated carbocycles. The van der Waals surface area contributed by atoms with Gasteiger partial charge in [0.25, 0.3) is 0 Å². The van der Waals surface area contributed by atoms with Crippen LogP contribution in [0, 0.1) is 13.8 Å². The maximum absolute atomic E-state index is 6.16. The van der Waals surface area contributed by atoms with E-state index in [2.05, 4.69) is 22.6 Å². The summed E-state index contributed by atoms with van der Waals surface area (Å²) in [5, 5.41) is 7.31. The van der Waals surface area contributed by atoms with Gasteiger partial charge in [-0.2, -0.15) is 0 Å². The first kappa shape index (κ1) is 16.3. The number of benzene rings is 1. The Morgan fingerprint density at radius 3 is 2.67 bits per heavy atom. The lowest BCUT2D eigenvalue weighted by Crippen LogP contribution is -2.13. The van der Waals surface area contributed by atoms with E-state index in [1.165, 1.54) is 0 Å². The van der Waals surface area contributed by atoms with Gasteiger partial charge >= 0.3 is 0 Å². The molecular formula is C16H21ClN2OS. The molecule has 0 bridgehead atoms. The molecule has 5 heteroatoms. The van der Waals surface area contributed by atoms with Crippen molar-refractivity contribution in [1.29, 1.82) is 0 Å². The number of hydrogen-bond acceptors (Lipinski definition) is 4. The average molecular weight is 325 g/mol. The fourth-order valence-electron chi connectivity index (χ4n) is 2.02. The molecule has 0 aliphatic carbocycles. The molecule has 0 atom stereocenters. The Labute approximate surface area is 135 Å². The van der Waals surface area contributed by atoms with Gasteiger partial charge in [-0.05, 0) is 50.1 Å². The van der Waals surface area contributed by atoms with Crippen molar-refractivity contribution in [1.82, 2.24) is 10.3 Å². The molecule has 1 heterocycles. The van der Waals surface area contributed by atoms with Crippen molar-refractivity contribution in [2.24, 2.45) is 0 Å². The molecule has 0 aliphatic rings. The minimum absolute atomic E-state index is 0.491. The Morgan fingerprint density at radius 1 is 1.29 bits per heavy atom. The van der Waals surface area contributed by atoms with E-state index in [1.54, 1.807) is 11.3 Å². The number of hydrogen-bond donors (Lipinski definition) is 1. The first-order chi connectivity index (χ1) is 10.1. The standard InChI is InChI=1S/C16H21ClN2OS/c1-4-5-18-8-15-19-13(10-21-15)9-20-14-6-11(2)16(17)12(3)7-14/h6-7,10,18H,4-5,8-9H2,1-3H3. The van der Waals surface area contributed by atoms with Gasteiger partial charge in [-0.1, -0.05) is 18.5 Å². The quantitative estimate of drug-likeness (QED) is 0.762. The minimum atomic E-state index is 0.491. The second kappa shape index (κ2) is 7.78. The number of nitrogens with one attached hydrogen (secondary N) is 1. The normalized spacial score (nSPS) is 10.9. The van der Waals surface area contributed by atoms with Crippen molar-refractivity contribution in [3.63, 3.8) is 0 Å². The van der Waals surface area contributed by atoms with Gasteiger partial charge in [-0.15, -0.1) is 11.3 Å². The molecule has 0 amide bonds. The largest absolute Gasteiger partial charge is 0.487 e. The Balaban J connectivity index is 1.91. The van der Waals surface area contributed by atoms with Crippen LogP contribution in [-0.2, 0) is 13.2 Å². The highest BCUT2D eigenvalue weighted by Gasteiger charge is 2.06. The van der Waals surface area contributed by atoms with Crippen LogP contribution in [0.3, 0.4) is 0 Å². The molecule has 1 N–H and O–H groups in total. The number of nitrogens with zero attached hydrogens (tertiary/aromatic N) is 1. The fourth-order valence-corrected chi connectivity index (χ4v) is 2.87. The number of thiazole rings is 1. The van der Waals surface area contributed by atoms with Crippen molar-refractivity contribution >= 4 is 22.9 Å². The van der Waals surface area contributed by atoms with E-state index < -0.39 is 0 Å². The van der Waals surface area contributed by atoms with E-state index in [-0.39, 0.29) is 0 Å². The molecule has 1 aromatic heterocycles. The van der Waals surface area contributed by atoms with Crippen LogP contribution >= 0.6 is 22.9 Å². The third kappa shape index (κ3) is 4.70. The van der Waals surface area contributed by atoms with Crippen molar-refractivity contribution in [2.75, 3.05) is 6.54 Å². The SMILES string of the molecule is CCCNCc1nc(COc2cc(C)c(Cl)c(C)c2)cs1. The topological polar surface area (TPSA) is 34.2 Å². The lowest BCUT2D eigenvalue weighted by Gasteiger charge is -2.08. The molecule has 0 saturated heterocycles. The van der Waals surface area contributed by atoms with Crippen LogP contribution in [0.4, 0.5) is 0 Å². The van der Waals surface area contributed by atoms with Crippen LogP contribution in [0.2, 0.25) is 5.02 Å². The van der Waals surface area contributed by atoms with E-state index in [4.69, 9.17) is 16.3 Å². The van der Waals surface area contributed by atoms with Gasteiger partial charge in [-0.25, -0.2) is 4.98 Å². The molecule has 0 fully saturated rings. The number of ether oxygens (including phenoxy) is 1. The Morgan fingerprint density at radius 2 is 2.00 bits per heavy atom. The molecule has 1 aromatic carbocycles. The Bertz CT molecular complexity index is 575. The van der Waals surface area contributed by atoms with Gasteiger partial charge in [0, 0.05) is 16.9 Å². The summed E-state index contributed by atoms with van der Waals surface area (Å²) >= 11 is 7.83. The summed E-state index contributed by atoms with van der Waals surface area (Å²) in [5.41, 5.74) is 3.04. The van der Waals surface area contributed by atoms with E-state index in [0.717, 1.165) is 52.1 Å². The maximum Gasteiger partial charge on any atom is 0.131 e. The number of rotatable bonds is 7. The van der Waals surface area contributed by atoms with Crippen molar-refractivity contribution in [3.8, 4) is 5.75 Å². The monoisotopic (exact) mass is 324 g/mol. The zero-order valence-electron chi connectivity index (χ0n) is 12.7. The van der Waals surface area contributed by atoms with Gasteiger partial charge in [0.1, 0.15) is 17.4 Å². The molecule has 114 valence electrons. The van der Waals surface area contributed by atoms with Crippen molar-refractivity contribution in [3.05, 3.63) is 44.4 Å². The van der Waals surface area contributed by atoms with E-state index in [0.29, 0.717) is 6.61 Å². The molecule has 2 rings (SSSR count). The average Bonchev–Trinajstić information content (AvgIpc) is 2.90. The summed E-state index contributed by atoms with van der Waals surface area (Å²) in [6.45, 7) is 8.48. The van der Waals surface area contributed by atoms with Gasteiger partial charge in [0.2, 0.25) is 0 Å². The Kier molecular flexibility index (Phi) is 6.03. The van der Waals surface area contributed by atoms with Gasteiger partial charge in [-0.3, -0.25) is 0 Å². The van der Waals surface area contributed by atoms with Crippen molar-refractivity contribution < 1.29 is 4.74 Å². The first-order valence-corrected chi connectivity index (χ1v) is 8.39. The molecule has 3 nitrogen and oxygen atoms in total. The molecule has 0 spiro atoms. The van der Waals surface area contributed by atoms with Gasteiger partial charge < -0.3 is 10.1 Å². The lowest BCUT2D eigenvalue weighted by molar-refractivity contribution is 0.301. The molecule has 2 aromatic rings. The Hall–Kier alpha value is -1.10. The van der Waals surface area contributed by atoms with E-state index in [9.17, 15) is 0 Å². The molecule has 0 radical (unpaired) electrons. The molecule has 21 heavy (non-hydrogen) atoms. The molecular weight excluding hydrogens is 304 g/mol. The van der Waals surface area contributed by atoms with Crippen molar-refractivity contribution in [2.45, 2.75) is 40.3 Å². The minimum Gasteiger partial charge on any atom is -0.487 e. The number of aromatic nitrogens is 1. The highest BCUT2D eigenvalue weighted by Crippen LogP contribution is 2.26. The van der Waals surface area contributed by atoms with Gasteiger partial charge in [0.15, 0.2) is 0 Å². The summed E-state index contributed by atoms with van der Waals surface area (Å²) in [6.07, 6.45) is 1.14. The summed E-state index contributed by atoms with van der Waals surface area (Å²) in [4.78, 5) is 4.56. The summed E-state index contributed by atoms with van der Waals surface area (Å²) in [7, 11) is 0. The third-order valence-corrected chi connectivity index (χ3v) is 4.59. The van der Waals surface area contributed by atoms with Crippen LogP contribution in [-0.4, -0.2) is 11.5 Å². The smallest absolute Gasteiger partial charge is 0.131 e. The zero-order chi connectivity index (χ0) is 15.2. The summed E-state index contributed by atoms with van der Waals surface area (Å²) in [5.74, 6) is 0.841. The van der Waals surface area contributed by atoms with Crippen LogP contribution in [0.1, 0.15) is 35.2 Å².